The number of aliphatic hydroxyl groups is 3. The van der Waals surface area contributed by atoms with Crippen LogP contribution in [0.15, 0.2) is 121 Å². The van der Waals surface area contributed by atoms with Crippen molar-refractivity contribution < 1.29 is 34.7 Å². The van der Waals surface area contributed by atoms with Crippen LogP contribution >= 0.6 is 7.28 Å². The van der Waals surface area contributed by atoms with Gasteiger partial charge in [-0.15, -0.1) is 0 Å². The monoisotopic (exact) mass is 824 g/mol. The second kappa shape index (κ2) is 20.1. The standard InChI is InChI=1S/C33H52O4.C18H17O3P/c1-9-11-13-24-15-17-26(27(19-24)31(3,4)5)30(33(21-34,22-35)23-36)37-29-18-16-25(14-12-10-2)20-28(29)32(6,7)8;19-22(20,21,16-11-5-2-6-12-16)18-14-8-7-13-17(18)15-9-3-1-4-10-15/h15-20,30,34-36H,9-14,21-23H2,1-8H3;1-14,19-21H. The molecule has 5 rings (SSSR count). The topological polar surface area (TPSA) is 131 Å². The molecule has 0 amide bonds. The number of rotatable bonds is 16. The van der Waals surface area contributed by atoms with Crippen LogP contribution in [0.25, 0.3) is 11.1 Å². The Kier molecular flexibility index (Phi) is 16.3. The third-order valence-electron chi connectivity index (χ3n) is 11.1. The van der Waals surface area contributed by atoms with Crippen LogP contribution in [0.5, 0.6) is 5.75 Å². The maximum atomic E-state index is 10.8. The third kappa shape index (κ3) is 11.7. The van der Waals surface area contributed by atoms with Gasteiger partial charge in [-0.05, 0) is 70.4 Å². The third-order valence-corrected chi connectivity index (χ3v) is 13.6. The number of unbranched alkanes of at least 4 members (excludes halogenated alkanes) is 2. The first-order valence-corrected chi connectivity index (χ1v) is 23.2. The summed E-state index contributed by atoms with van der Waals surface area (Å²) in [5.74, 6) is 0.729. The zero-order valence-corrected chi connectivity index (χ0v) is 37.4. The number of ether oxygens (including phenoxy) is 1. The zero-order chi connectivity index (χ0) is 43.5. The molecule has 0 spiro atoms. The van der Waals surface area contributed by atoms with Gasteiger partial charge in [-0.3, -0.25) is 0 Å². The first-order valence-electron chi connectivity index (χ1n) is 21.1. The molecule has 7 nitrogen and oxygen atoms in total. The number of benzene rings is 5. The molecular weight excluding hydrogens is 756 g/mol. The fourth-order valence-corrected chi connectivity index (χ4v) is 9.41. The van der Waals surface area contributed by atoms with Crippen molar-refractivity contribution in [2.45, 2.75) is 111 Å². The van der Waals surface area contributed by atoms with Crippen molar-refractivity contribution in [3.05, 3.63) is 149 Å². The van der Waals surface area contributed by atoms with E-state index < -0.39 is 38.6 Å². The van der Waals surface area contributed by atoms with Crippen LogP contribution < -0.4 is 15.3 Å². The predicted octanol–water partition coefficient (Wildman–Crippen LogP) is 9.63. The van der Waals surface area contributed by atoms with E-state index in [2.05, 4.69) is 85.7 Å². The SMILES string of the molecule is CCCCc1ccc(OC(c2ccc(CCCC)cc2C(C)(C)C)C(CO)(CO)CO)c(C(C)(C)C)c1.OP(O)(O)(c1ccccc1)c1ccccc1-c1ccccc1. The first kappa shape index (κ1) is 47.8. The van der Waals surface area contributed by atoms with Crippen LogP contribution in [0.4, 0.5) is 0 Å². The predicted molar refractivity (Wildman–Crippen MR) is 246 cm³/mol. The molecule has 5 aromatic rings. The molecule has 8 heteroatoms. The molecule has 0 aliphatic rings. The molecule has 0 bridgehead atoms. The normalized spacial score (nSPS) is 13.5. The Morgan fingerprint density at radius 1 is 0.559 bits per heavy atom. The van der Waals surface area contributed by atoms with Gasteiger partial charge in [-0.2, -0.15) is 0 Å². The molecule has 0 aromatic heterocycles. The van der Waals surface area contributed by atoms with Gasteiger partial charge >= 0.3 is 129 Å². The van der Waals surface area contributed by atoms with Gasteiger partial charge in [0, 0.05) is 0 Å². The average molecular weight is 825 g/mol. The van der Waals surface area contributed by atoms with Gasteiger partial charge in [0.15, 0.2) is 0 Å². The van der Waals surface area contributed by atoms with E-state index in [9.17, 15) is 30.0 Å². The second-order valence-electron chi connectivity index (χ2n) is 18.0. The number of hydrogen-bond donors (Lipinski definition) is 6. The van der Waals surface area contributed by atoms with Crippen LogP contribution in [0.3, 0.4) is 0 Å². The molecule has 0 aliphatic heterocycles. The Labute approximate surface area is 353 Å². The Morgan fingerprint density at radius 3 is 1.54 bits per heavy atom. The minimum absolute atomic E-state index is 0.122. The summed E-state index contributed by atoms with van der Waals surface area (Å²) < 4.78 is 6.83. The zero-order valence-electron chi connectivity index (χ0n) is 36.5. The van der Waals surface area contributed by atoms with Crippen LogP contribution in [0, 0.1) is 5.41 Å². The van der Waals surface area contributed by atoms with Gasteiger partial charge in [-0.1, -0.05) is 98.6 Å². The summed E-state index contributed by atoms with van der Waals surface area (Å²) in [6.07, 6.45) is 5.81. The molecule has 1 unspecified atom stereocenters. The summed E-state index contributed by atoms with van der Waals surface area (Å²) in [6, 6.07) is 37.2. The molecule has 0 heterocycles. The van der Waals surface area contributed by atoms with Crippen LogP contribution in [0.2, 0.25) is 0 Å². The molecule has 0 fully saturated rings. The van der Waals surface area contributed by atoms with E-state index in [1.54, 1.807) is 36.4 Å². The van der Waals surface area contributed by atoms with Crippen molar-refractivity contribution in [3.63, 3.8) is 0 Å². The fourth-order valence-electron chi connectivity index (χ4n) is 7.40. The van der Waals surface area contributed by atoms with Gasteiger partial charge < -0.3 is 20.1 Å². The average Bonchev–Trinajstić information content (AvgIpc) is 3.23. The molecule has 5 aromatic carbocycles. The van der Waals surface area contributed by atoms with Crippen molar-refractivity contribution in [2.75, 3.05) is 19.8 Å². The van der Waals surface area contributed by atoms with E-state index >= 15 is 0 Å². The number of hydrogen-bond acceptors (Lipinski definition) is 7. The Morgan fingerprint density at radius 2 is 1.03 bits per heavy atom. The van der Waals surface area contributed by atoms with Crippen LogP contribution in [-0.2, 0) is 23.7 Å². The first-order chi connectivity index (χ1) is 27.8. The summed E-state index contributed by atoms with van der Waals surface area (Å²) in [5.41, 5.74) is 5.48. The van der Waals surface area contributed by atoms with Crippen molar-refractivity contribution >= 4 is 17.9 Å². The van der Waals surface area contributed by atoms with Crippen molar-refractivity contribution in [1.82, 2.24) is 0 Å². The van der Waals surface area contributed by atoms with E-state index in [1.807, 2.05) is 42.5 Å². The van der Waals surface area contributed by atoms with E-state index in [-0.39, 0.29) is 21.4 Å². The van der Waals surface area contributed by atoms with E-state index in [0.717, 1.165) is 66.5 Å². The molecule has 0 saturated carbocycles. The molecule has 320 valence electrons. The van der Waals surface area contributed by atoms with Crippen LogP contribution in [0.1, 0.15) is 115 Å². The Hall–Kier alpha value is -3.91. The van der Waals surface area contributed by atoms with E-state index in [1.165, 1.54) is 23.3 Å². The number of aliphatic hydroxyl groups excluding tert-OH is 3. The van der Waals surface area contributed by atoms with Gasteiger partial charge in [0.2, 0.25) is 0 Å². The Bertz CT molecular complexity index is 2050. The molecule has 59 heavy (non-hydrogen) atoms. The molecule has 1 atom stereocenters. The van der Waals surface area contributed by atoms with Crippen molar-refractivity contribution in [3.8, 4) is 16.9 Å². The molecule has 0 saturated heterocycles. The van der Waals surface area contributed by atoms with Crippen LogP contribution in [-0.4, -0.2) is 49.8 Å². The minimum atomic E-state index is -5.17. The van der Waals surface area contributed by atoms with Gasteiger partial charge in [0.05, 0.1) is 25.2 Å². The van der Waals surface area contributed by atoms with Gasteiger partial charge in [-0.25, -0.2) is 0 Å². The molecule has 0 aliphatic carbocycles. The summed E-state index contributed by atoms with van der Waals surface area (Å²) in [6.45, 7) is 16.3. The summed E-state index contributed by atoms with van der Waals surface area (Å²) >= 11 is 0. The molecule has 6 N–H and O–H groups in total. The fraction of sp³-hybridized carbons (Fsp3) is 0.412. The summed E-state index contributed by atoms with van der Waals surface area (Å²) in [7, 11) is -5.17. The number of aryl methyl sites for hydroxylation is 2. The van der Waals surface area contributed by atoms with Gasteiger partial charge in [0.25, 0.3) is 0 Å². The van der Waals surface area contributed by atoms with E-state index in [0.29, 0.717) is 5.56 Å². The summed E-state index contributed by atoms with van der Waals surface area (Å²) in [5, 5.41) is 31.8. The van der Waals surface area contributed by atoms with Crippen molar-refractivity contribution in [1.29, 1.82) is 0 Å². The van der Waals surface area contributed by atoms with Gasteiger partial charge in [0.1, 0.15) is 11.9 Å². The Balaban J connectivity index is 0.000000295. The summed E-state index contributed by atoms with van der Waals surface area (Å²) in [4.78, 5) is 32.4. The molecule has 0 radical (unpaired) electrons. The van der Waals surface area contributed by atoms with Crippen molar-refractivity contribution in [2.24, 2.45) is 5.41 Å². The quantitative estimate of drug-likeness (QED) is 0.0547. The second-order valence-corrected chi connectivity index (χ2v) is 21.0. The molecular formula is C51H69O7P. The van der Waals surface area contributed by atoms with E-state index in [4.69, 9.17) is 4.74 Å². The maximum absolute atomic E-state index is 10.8.